The molecule has 0 amide bonds. The average molecular weight is 941 g/mol. The normalized spacial score (nSPS) is 16.3. The second-order valence-corrected chi connectivity index (χ2v) is 19.5. The molecule has 2 atom stereocenters. The van der Waals surface area contributed by atoms with E-state index in [9.17, 15) is 0 Å². The van der Waals surface area contributed by atoms with Crippen molar-refractivity contribution in [2.75, 3.05) is 65.4 Å². The van der Waals surface area contributed by atoms with E-state index in [1.807, 2.05) is 9.36 Å². The van der Waals surface area contributed by atoms with Crippen LogP contribution in [0.15, 0.2) is 144 Å². The maximum absolute atomic E-state index is 4.55. The Bertz CT molecular complexity index is 2600. The molecule has 14 heteroatoms. The number of piperazine rings is 2. The largest absolute Gasteiger partial charge is 0.297 e. The summed E-state index contributed by atoms with van der Waals surface area (Å²) in [6, 6.07) is 42.3. The van der Waals surface area contributed by atoms with Crippen LogP contribution in [0.4, 0.5) is 0 Å². The van der Waals surface area contributed by atoms with E-state index in [1.54, 1.807) is 22.7 Å². The monoisotopic (exact) mass is 940 g/mol. The lowest BCUT2D eigenvalue weighted by Crippen LogP contribution is -2.48. The molecule has 2 saturated heterocycles. The fourth-order valence-corrected chi connectivity index (χ4v) is 11.1. The predicted molar refractivity (Wildman–Crippen MR) is 277 cm³/mol. The topological polar surface area (TPSA) is 100 Å². The molecular formula is C54H60N12S2. The molecule has 2 fully saturated rings. The Morgan fingerprint density at radius 2 is 0.838 bits per heavy atom. The second-order valence-electron chi connectivity index (χ2n) is 17.5. The third kappa shape index (κ3) is 11.2. The Balaban J connectivity index is 0.000000170. The van der Waals surface area contributed by atoms with E-state index >= 15 is 0 Å². The van der Waals surface area contributed by atoms with Crippen molar-refractivity contribution in [3.63, 3.8) is 0 Å². The van der Waals surface area contributed by atoms with Gasteiger partial charge in [-0.1, -0.05) is 133 Å². The number of tetrazole rings is 2. The van der Waals surface area contributed by atoms with Crippen molar-refractivity contribution in [2.45, 2.75) is 39.8 Å². The molecule has 12 nitrogen and oxygen atoms in total. The number of aromatic nitrogens is 8. The van der Waals surface area contributed by atoms with Crippen molar-refractivity contribution in [1.29, 1.82) is 0 Å². The molecule has 2 aliphatic rings. The summed E-state index contributed by atoms with van der Waals surface area (Å²) in [6.07, 6.45) is 8.95. The summed E-state index contributed by atoms with van der Waals surface area (Å²) in [6.45, 7) is 18.4. The number of para-hydroxylation sites is 2. The third-order valence-corrected chi connectivity index (χ3v) is 14.7. The van der Waals surface area contributed by atoms with Crippen LogP contribution < -0.4 is 0 Å². The van der Waals surface area contributed by atoms with Crippen LogP contribution in [0.5, 0.6) is 0 Å². The number of hydrogen-bond acceptors (Lipinski definition) is 12. The van der Waals surface area contributed by atoms with Crippen LogP contribution >= 0.6 is 22.7 Å². The molecule has 4 aromatic heterocycles. The molecule has 0 aliphatic carbocycles. The van der Waals surface area contributed by atoms with Crippen LogP contribution in [0.3, 0.4) is 0 Å². The molecule has 6 heterocycles. The Labute approximate surface area is 408 Å². The van der Waals surface area contributed by atoms with E-state index in [4.69, 9.17) is 0 Å². The van der Waals surface area contributed by atoms with Crippen molar-refractivity contribution >= 4 is 34.8 Å². The van der Waals surface area contributed by atoms with Crippen LogP contribution in [0, 0.1) is 27.7 Å². The maximum Gasteiger partial charge on any atom is 0.179 e. The summed E-state index contributed by atoms with van der Waals surface area (Å²) in [4.78, 5) is 12.6. The van der Waals surface area contributed by atoms with Gasteiger partial charge in [-0.25, -0.2) is 0 Å². The van der Waals surface area contributed by atoms with Crippen LogP contribution in [0.2, 0.25) is 0 Å². The quantitative estimate of drug-likeness (QED) is 0.105. The zero-order valence-electron chi connectivity index (χ0n) is 39.4. The van der Waals surface area contributed by atoms with Gasteiger partial charge in [-0.2, -0.15) is 9.36 Å². The smallest absolute Gasteiger partial charge is 0.179 e. The molecular weight excluding hydrogens is 881 g/mol. The number of thiophene rings is 2. The van der Waals surface area contributed by atoms with Crippen molar-refractivity contribution in [2.24, 2.45) is 0 Å². The van der Waals surface area contributed by atoms with Gasteiger partial charge in [0.25, 0.3) is 0 Å². The minimum Gasteiger partial charge on any atom is -0.297 e. The Hall–Kier alpha value is -6.26. The van der Waals surface area contributed by atoms with Gasteiger partial charge in [-0.05, 0) is 105 Å². The molecule has 2 aliphatic heterocycles. The van der Waals surface area contributed by atoms with Gasteiger partial charge in [0.05, 0.1) is 11.4 Å². The first-order valence-corrected chi connectivity index (χ1v) is 25.3. The number of benzene rings is 4. The van der Waals surface area contributed by atoms with Crippen molar-refractivity contribution in [1.82, 2.24) is 60.0 Å². The standard InChI is InChI=1S/2C27H30N6S/c2*1-21-9-6-10-22(2)25(21)33-27(28-29-30-33)26(24-14-8-20-34-24)32-18-16-31(17-19-32)15-7-13-23-11-4-3-5-12-23/h2*3-14,20,26H,15-19H2,1-2H3/b2*13-7+/t2*26-/m10/s1. The van der Waals surface area contributed by atoms with Crippen molar-refractivity contribution < 1.29 is 0 Å². The SMILES string of the molecule is Cc1cccc(C)c1-n1nnnc1[C@@H](c1cccs1)N1CCN(C/C=C/c2ccccc2)CC1.Cc1cccc(C)c1-n1nnnc1[C@H](c1cccs1)N1CCN(C/C=C/c2ccccc2)CC1. The predicted octanol–water partition coefficient (Wildman–Crippen LogP) is 9.52. The second kappa shape index (κ2) is 22.7. The summed E-state index contributed by atoms with van der Waals surface area (Å²) in [5.41, 5.74) is 9.35. The molecule has 0 saturated carbocycles. The van der Waals surface area contributed by atoms with E-state index in [0.717, 1.165) is 88.5 Å². The zero-order chi connectivity index (χ0) is 46.7. The lowest BCUT2D eigenvalue weighted by atomic mass is 10.1. The van der Waals surface area contributed by atoms with Gasteiger partial charge in [0.2, 0.25) is 0 Å². The highest BCUT2D eigenvalue weighted by atomic mass is 32.1. The zero-order valence-corrected chi connectivity index (χ0v) is 41.1. The van der Waals surface area contributed by atoms with Crippen LogP contribution in [0.1, 0.15) is 66.9 Å². The summed E-state index contributed by atoms with van der Waals surface area (Å²) in [5, 5.41) is 30.5. The molecule has 8 aromatic rings. The summed E-state index contributed by atoms with van der Waals surface area (Å²) in [5.74, 6) is 1.77. The molecule has 4 aromatic carbocycles. The lowest BCUT2D eigenvalue weighted by Gasteiger charge is -2.38. The van der Waals surface area contributed by atoms with E-state index in [0.29, 0.717) is 0 Å². The van der Waals surface area contributed by atoms with Crippen LogP contribution in [-0.4, -0.2) is 125 Å². The van der Waals surface area contributed by atoms with Gasteiger partial charge < -0.3 is 0 Å². The van der Waals surface area contributed by atoms with E-state index in [2.05, 4.69) is 235 Å². The third-order valence-electron chi connectivity index (χ3n) is 12.9. The van der Waals surface area contributed by atoms with Gasteiger partial charge in [-0.15, -0.1) is 32.9 Å². The Kier molecular flexibility index (Phi) is 15.6. The van der Waals surface area contributed by atoms with E-state index in [1.165, 1.54) is 43.1 Å². The highest BCUT2D eigenvalue weighted by molar-refractivity contribution is 7.10. The maximum atomic E-state index is 4.55. The first kappa shape index (κ1) is 46.8. The van der Waals surface area contributed by atoms with Gasteiger partial charge >= 0.3 is 0 Å². The van der Waals surface area contributed by atoms with Gasteiger partial charge in [-0.3, -0.25) is 19.6 Å². The highest BCUT2D eigenvalue weighted by Gasteiger charge is 2.33. The molecule has 348 valence electrons. The van der Waals surface area contributed by atoms with Crippen LogP contribution in [0.25, 0.3) is 23.5 Å². The first-order valence-electron chi connectivity index (χ1n) is 23.5. The molecule has 68 heavy (non-hydrogen) atoms. The molecule has 10 rings (SSSR count). The van der Waals surface area contributed by atoms with Crippen molar-refractivity contribution in [3.8, 4) is 11.4 Å². The molecule has 0 bridgehead atoms. The van der Waals surface area contributed by atoms with Gasteiger partial charge in [0, 0.05) is 75.2 Å². The minimum absolute atomic E-state index is 0.0380. The Morgan fingerprint density at radius 1 is 0.456 bits per heavy atom. The average Bonchev–Trinajstić information content (AvgIpc) is 4.23. The van der Waals surface area contributed by atoms with E-state index < -0.39 is 0 Å². The number of aryl methyl sites for hydroxylation is 4. The highest BCUT2D eigenvalue weighted by Crippen LogP contribution is 2.35. The number of hydrogen-bond donors (Lipinski definition) is 0. The lowest BCUT2D eigenvalue weighted by molar-refractivity contribution is 0.115. The molecule has 0 N–H and O–H groups in total. The fourth-order valence-electron chi connectivity index (χ4n) is 9.37. The fraction of sp³-hybridized carbons (Fsp3) is 0.296. The van der Waals surface area contributed by atoms with E-state index in [-0.39, 0.29) is 12.1 Å². The molecule has 0 radical (unpaired) electrons. The van der Waals surface area contributed by atoms with Crippen LogP contribution in [-0.2, 0) is 0 Å². The van der Waals surface area contributed by atoms with Gasteiger partial charge in [0.15, 0.2) is 11.6 Å². The Morgan fingerprint density at radius 3 is 1.19 bits per heavy atom. The summed E-state index contributed by atoms with van der Waals surface area (Å²) < 4.78 is 3.90. The van der Waals surface area contributed by atoms with Crippen molar-refractivity contribution in [3.05, 3.63) is 199 Å². The molecule has 0 spiro atoms. The number of nitrogens with zero attached hydrogens (tertiary/aromatic N) is 12. The summed E-state index contributed by atoms with van der Waals surface area (Å²) >= 11 is 3.54. The van der Waals surface area contributed by atoms with Gasteiger partial charge in [0.1, 0.15) is 12.1 Å². The minimum atomic E-state index is 0.0380. The first-order chi connectivity index (χ1) is 33.4. The summed E-state index contributed by atoms with van der Waals surface area (Å²) in [7, 11) is 0. The molecule has 0 unspecified atom stereocenters. The number of rotatable bonds is 14.